The number of rotatable bonds is 7. The molecule has 4 aromatic rings. The second-order valence-corrected chi connectivity index (χ2v) is 8.40. The summed E-state index contributed by atoms with van der Waals surface area (Å²) in [4.78, 5) is 17.9. The highest BCUT2D eigenvalue weighted by molar-refractivity contribution is 7.99. The van der Waals surface area contributed by atoms with Crippen molar-refractivity contribution in [1.82, 2.24) is 24.8 Å². The number of anilines is 1. The maximum absolute atomic E-state index is 13.0. The molecule has 11 heteroatoms. The average molecular weight is 444 g/mol. The molecule has 3 heterocycles. The van der Waals surface area contributed by atoms with Crippen LogP contribution in [0.5, 0.6) is 5.75 Å². The number of aromatic amines is 1. The van der Waals surface area contributed by atoms with Gasteiger partial charge < -0.3 is 10.1 Å². The van der Waals surface area contributed by atoms with Gasteiger partial charge in [-0.2, -0.15) is 19.0 Å². The highest BCUT2D eigenvalue weighted by Crippen LogP contribution is 2.38. The Morgan fingerprint density at radius 2 is 2.16 bits per heavy atom. The molecule has 0 aliphatic rings. The van der Waals surface area contributed by atoms with E-state index in [2.05, 4.69) is 30.3 Å². The van der Waals surface area contributed by atoms with Gasteiger partial charge in [-0.05, 0) is 24.3 Å². The summed E-state index contributed by atoms with van der Waals surface area (Å²) in [6, 6.07) is 6.59. The monoisotopic (exact) mass is 444 g/mol. The summed E-state index contributed by atoms with van der Waals surface area (Å²) in [7, 11) is 0. The van der Waals surface area contributed by atoms with Gasteiger partial charge in [0.15, 0.2) is 5.65 Å². The first-order chi connectivity index (χ1) is 14.9. The van der Waals surface area contributed by atoms with Crippen molar-refractivity contribution < 1.29 is 18.3 Å². The SMILES string of the molecule is CC(C)Sc1ccc(OC(F)F)c(-c2n[nH]cc2NC(=O)c2cnn3cccnc23)c1. The fraction of sp³-hybridized carbons (Fsp3) is 0.200. The Morgan fingerprint density at radius 3 is 2.94 bits per heavy atom. The van der Waals surface area contributed by atoms with E-state index >= 15 is 0 Å². The van der Waals surface area contributed by atoms with E-state index in [1.54, 1.807) is 42.4 Å². The number of nitrogens with zero attached hydrogens (tertiary/aromatic N) is 4. The van der Waals surface area contributed by atoms with Crippen LogP contribution in [0.3, 0.4) is 0 Å². The lowest BCUT2D eigenvalue weighted by atomic mass is 10.1. The summed E-state index contributed by atoms with van der Waals surface area (Å²) in [6.07, 6.45) is 6.11. The van der Waals surface area contributed by atoms with Crippen molar-refractivity contribution in [2.45, 2.75) is 30.6 Å². The van der Waals surface area contributed by atoms with Gasteiger partial charge >= 0.3 is 6.61 Å². The molecule has 1 amide bonds. The summed E-state index contributed by atoms with van der Waals surface area (Å²) in [6.45, 7) is 1.06. The lowest BCUT2D eigenvalue weighted by molar-refractivity contribution is -0.0494. The number of amides is 1. The summed E-state index contributed by atoms with van der Waals surface area (Å²) in [5, 5.41) is 14.0. The zero-order valence-electron chi connectivity index (χ0n) is 16.5. The lowest BCUT2D eigenvalue weighted by Crippen LogP contribution is -2.12. The standard InChI is InChI=1S/C20H18F2N6O2S/c1-11(2)31-12-4-5-16(30-20(21)22)13(8-12)17-15(10-24-27-17)26-19(29)14-9-25-28-7-3-6-23-18(14)28/h3-11,20H,1-2H3,(H,24,27)(H,26,29). The molecule has 0 saturated heterocycles. The van der Waals surface area contributed by atoms with Gasteiger partial charge in [-0.15, -0.1) is 11.8 Å². The van der Waals surface area contributed by atoms with Gasteiger partial charge in [0.2, 0.25) is 0 Å². The maximum Gasteiger partial charge on any atom is 0.387 e. The third-order valence-corrected chi connectivity index (χ3v) is 5.20. The molecule has 0 aliphatic heterocycles. The van der Waals surface area contributed by atoms with E-state index in [1.807, 2.05) is 13.8 Å². The van der Waals surface area contributed by atoms with Gasteiger partial charge in [0.25, 0.3) is 5.91 Å². The number of halogens is 2. The Labute approximate surface area is 180 Å². The van der Waals surface area contributed by atoms with Gasteiger partial charge in [-0.25, -0.2) is 9.50 Å². The predicted octanol–water partition coefficient (Wildman–Crippen LogP) is 4.47. The van der Waals surface area contributed by atoms with Crippen molar-refractivity contribution in [3.05, 3.63) is 54.6 Å². The van der Waals surface area contributed by atoms with E-state index in [9.17, 15) is 13.6 Å². The van der Waals surface area contributed by atoms with Crippen molar-refractivity contribution in [2.75, 3.05) is 5.32 Å². The highest BCUT2D eigenvalue weighted by atomic mass is 32.2. The minimum Gasteiger partial charge on any atom is -0.434 e. The molecular formula is C20H18F2N6O2S. The fourth-order valence-corrected chi connectivity index (χ4v) is 3.88. The molecule has 160 valence electrons. The van der Waals surface area contributed by atoms with E-state index in [0.29, 0.717) is 16.9 Å². The van der Waals surface area contributed by atoms with Crippen LogP contribution in [-0.2, 0) is 0 Å². The molecule has 3 aromatic heterocycles. The smallest absolute Gasteiger partial charge is 0.387 e. The second kappa shape index (κ2) is 8.72. The number of aromatic nitrogens is 5. The van der Waals surface area contributed by atoms with Crippen LogP contribution < -0.4 is 10.1 Å². The van der Waals surface area contributed by atoms with Crippen LogP contribution in [0, 0.1) is 0 Å². The number of hydrogen-bond acceptors (Lipinski definition) is 6. The largest absolute Gasteiger partial charge is 0.434 e. The highest BCUT2D eigenvalue weighted by Gasteiger charge is 2.21. The zero-order chi connectivity index (χ0) is 22.0. The first-order valence-electron chi connectivity index (χ1n) is 9.31. The van der Waals surface area contributed by atoms with Crippen molar-refractivity contribution >= 4 is 29.0 Å². The first kappa shape index (κ1) is 20.8. The molecule has 0 unspecified atom stereocenters. The van der Waals surface area contributed by atoms with Crippen LogP contribution >= 0.6 is 11.8 Å². The molecule has 31 heavy (non-hydrogen) atoms. The van der Waals surface area contributed by atoms with E-state index in [0.717, 1.165) is 4.90 Å². The zero-order valence-corrected chi connectivity index (χ0v) is 17.4. The Hall–Kier alpha value is -3.47. The van der Waals surface area contributed by atoms with E-state index in [-0.39, 0.29) is 22.3 Å². The molecule has 8 nitrogen and oxygen atoms in total. The number of nitrogens with one attached hydrogen (secondary N) is 2. The molecular weight excluding hydrogens is 426 g/mol. The van der Waals surface area contributed by atoms with Crippen molar-refractivity contribution in [3.63, 3.8) is 0 Å². The number of hydrogen-bond donors (Lipinski definition) is 2. The van der Waals surface area contributed by atoms with Crippen molar-refractivity contribution in [3.8, 4) is 17.0 Å². The Bertz CT molecular complexity index is 1220. The molecule has 0 fully saturated rings. The van der Waals surface area contributed by atoms with Crippen LogP contribution in [0.15, 0.2) is 53.9 Å². The summed E-state index contributed by atoms with van der Waals surface area (Å²) >= 11 is 1.57. The molecule has 0 radical (unpaired) electrons. The number of alkyl halides is 2. The second-order valence-electron chi connectivity index (χ2n) is 6.75. The molecule has 0 atom stereocenters. The van der Waals surface area contributed by atoms with Gasteiger partial charge in [0.1, 0.15) is 17.0 Å². The van der Waals surface area contributed by atoms with Gasteiger partial charge in [0, 0.05) is 34.3 Å². The molecule has 0 bridgehead atoms. The van der Waals surface area contributed by atoms with E-state index in [4.69, 9.17) is 0 Å². The van der Waals surface area contributed by atoms with Crippen molar-refractivity contribution in [2.24, 2.45) is 0 Å². The molecule has 0 aliphatic carbocycles. The first-order valence-corrected chi connectivity index (χ1v) is 10.2. The van der Waals surface area contributed by atoms with E-state index in [1.165, 1.54) is 23.0 Å². The van der Waals surface area contributed by atoms with Crippen molar-refractivity contribution in [1.29, 1.82) is 0 Å². The molecule has 1 aromatic carbocycles. The molecule has 0 spiro atoms. The van der Waals surface area contributed by atoms with Gasteiger partial charge in [-0.1, -0.05) is 13.8 Å². The Kier molecular flexibility index (Phi) is 5.85. The number of thioether (sulfide) groups is 1. The number of H-pyrrole nitrogens is 1. The van der Waals surface area contributed by atoms with Crippen LogP contribution in [0.1, 0.15) is 24.2 Å². The third kappa shape index (κ3) is 4.50. The Balaban J connectivity index is 1.69. The topological polar surface area (TPSA) is 97.2 Å². The number of carbonyl (C=O) groups excluding carboxylic acids is 1. The Morgan fingerprint density at radius 1 is 1.32 bits per heavy atom. The van der Waals surface area contributed by atoms with Crippen LogP contribution in [0.4, 0.5) is 14.5 Å². The molecule has 4 rings (SSSR count). The van der Waals surface area contributed by atoms with E-state index < -0.39 is 12.5 Å². The minimum atomic E-state index is -3.00. The number of ether oxygens (including phenoxy) is 1. The summed E-state index contributed by atoms with van der Waals surface area (Å²) < 4.78 is 32.1. The maximum atomic E-state index is 13.0. The average Bonchev–Trinajstić information content (AvgIpc) is 3.35. The van der Waals surface area contributed by atoms with Gasteiger partial charge in [-0.3, -0.25) is 9.89 Å². The third-order valence-electron chi connectivity index (χ3n) is 4.21. The number of fused-ring (bicyclic) bond motifs is 1. The summed E-state index contributed by atoms with van der Waals surface area (Å²) in [5.41, 5.74) is 1.58. The van der Waals surface area contributed by atoms with Crippen LogP contribution in [-0.4, -0.2) is 42.6 Å². The lowest BCUT2D eigenvalue weighted by Gasteiger charge is -2.13. The molecule has 2 N–H and O–H groups in total. The quantitative estimate of drug-likeness (QED) is 0.408. The number of benzene rings is 1. The summed E-state index contributed by atoms with van der Waals surface area (Å²) in [5.74, 6) is -0.497. The number of carbonyl (C=O) groups is 1. The van der Waals surface area contributed by atoms with Crippen LogP contribution in [0.25, 0.3) is 16.9 Å². The predicted molar refractivity (Wildman–Crippen MR) is 113 cm³/mol. The molecule has 0 saturated carbocycles. The van der Waals surface area contributed by atoms with Crippen LogP contribution in [0.2, 0.25) is 0 Å². The van der Waals surface area contributed by atoms with Gasteiger partial charge in [0.05, 0.1) is 11.9 Å². The minimum absolute atomic E-state index is 0.0386. The fourth-order valence-electron chi connectivity index (χ4n) is 3.01. The normalized spacial score (nSPS) is 11.4.